The molecule has 1 unspecified atom stereocenters. The molecule has 1 aromatic heterocycles. The quantitative estimate of drug-likeness (QED) is 0.864. The molecule has 0 radical (unpaired) electrons. The van der Waals surface area contributed by atoms with Gasteiger partial charge in [-0.05, 0) is 46.2 Å². The Morgan fingerprint density at radius 3 is 2.44 bits per heavy atom. The van der Waals surface area contributed by atoms with E-state index >= 15 is 0 Å². The summed E-state index contributed by atoms with van der Waals surface area (Å²) in [7, 11) is 0. The predicted molar refractivity (Wildman–Crippen MR) is 96.8 cm³/mol. The average molecular weight is 346 g/mol. The van der Waals surface area contributed by atoms with E-state index in [0.717, 1.165) is 16.5 Å². The Hall–Kier alpha value is -2.50. The largest absolute Gasteiger partial charge is 0.480 e. The van der Waals surface area contributed by atoms with Crippen molar-refractivity contribution in [2.45, 2.75) is 58.7 Å². The lowest BCUT2D eigenvalue weighted by atomic mass is 10.1. The highest BCUT2D eigenvalue weighted by Gasteiger charge is 2.25. The molecule has 1 aromatic carbocycles. The van der Waals surface area contributed by atoms with Gasteiger partial charge in [0.15, 0.2) is 0 Å². The fraction of sp³-hybridized carbons (Fsp3) is 0.474. The second-order valence-electron chi connectivity index (χ2n) is 7.41. The molecule has 25 heavy (non-hydrogen) atoms. The second kappa shape index (κ2) is 7.17. The molecule has 1 heterocycles. The summed E-state index contributed by atoms with van der Waals surface area (Å²) in [6.07, 6.45) is 1.42. The van der Waals surface area contributed by atoms with Gasteiger partial charge < -0.3 is 19.7 Å². The predicted octanol–water partition coefficient (Wildman–Crippen LogP) is 3.74. The Labute approximate surface area is 147 Å². The number of aromatic nitrogens is 1. The Bertz CT molecular complexity index is 771. The minimum Gasteiger partial charge on any atom is -0.480 e. The van der Waals surface area contributed by atoms with Crippen molar-refractivity contribution in [3.63, 3.8) is 0 Å². The Kier molecular flexibility index (Phi) is 5.40. The van der Waals surface area contributed by atoms with Crippen LogP contribution in [0.25, 0.3) is 10.9 Å². The number of aliphatic carboxylic acids is 1. The molecule has 6 nitrogen and oxygen atoms in total. The van der Waals surface area contributed by atoms with E-state index in [-0.39, 0.29) is 12.5 Å². The molecule has 0 fully saturated rings. The van der Waals surface area contributed by atoms with Gasteiger partial charge >= 0.3 is 12.1 Å². The summed E-state index contributed by atoms with van der Waals surface area (Å²) in [6, 6.07) is 7.06. The zero-order valence-electron chi connectivity index (χ0n) is 15.4. The molecule has 2 rings (SSSR count). The molecule has 0 aliphatic rings. The summed E-state index contributed by atoms with van der Waals surface area (Å²) in [5.41, 5.74) is 1.25. The minimum atomic E-state index is -1.09. The summed E-state index contributed by atoms with van der Waals surface area (Å²) in [5, 5.41) is 12.9. The lowest BCUT2D eigenvalue weighted by Crippen LogP contribution is -2.44. The first-order chi connectivity index (χ1) is 11.6. The molecular weight excluding hydrogens is 320 g/mol. The monoisotopic (exact) mass is 346 g/mol. The van der Waals surface area contributed by atoms with Gasteiger partial charge in [0.05, 0.1) is 0 Å². The molecule has 0 aliphatic heterocycles. The molecule has 136 valence electrons. The third-order valence-corrected chi connectivity index (χ3v) is 3.79. The van der Waals surface area contributed by atoms with Gasteiger partial charge in [-0.25, -0.2) is 9.59 Å². The van der Waals surface area contributed by atoms with E-state index in [1.54, 1.807) is 20.8 Å². The SMILES string of the molecule is CC(C)n1cc(CC(NC(=O)OC(C)(C)C)C(=O)O)c2ccccc21. The molecule has 0 saturated carbocycles. The number of hydrogen-bond donors (Lipinski definition) is 2. The van der Waals surface area contributed by atoms with Crippen LogP contribution in [0.4, 0.5) is 4.79 Å². The van der Waals surface area contributed by atoms with Crippen LogP contribution < -0.4 is 5.32 Å². The minimum absolute atomic E-state index is 0.189. The maximum Gasteiger partial charge on any atom is 0.408 e. The first-order valence-corrected chi connectivity index (χ1v) is 8.39. The van der Waals surface area contributed by atoms with Crippen LogP contribution in [0.15, 0.2) is 30.5 Å². The fourth-order valence-corrected chi connectivity index (χ4v) is 2.74. The normalized spacial score (nSPS) is 13.0. The van der Waals surface area contributed by atoms with Crippen molar-refractivity contribution < 1.29 is 19.4 Å². The van der Waals surface area contributed by atoms with Crippen molar-refractivity contribution in [1.82, 2.24) is 9.88 Å². The van der Waals surface area contributed by atoms with Gasteiger partial charge in [0.1, 0.15) is 11.6 Å². The molecule has 0 saturated heterocycles. The number of amides is 1. The van der Waals surface area contributed by atoms with E-state index < -0.39 is 23.7 Å². The molecule has 0 bridgehead atoms. The third kappa shape index (κ3) is 4.75. The van der Waals surface area contributed by atoms with Crippen molar-refractivity contribution in [2.24, 2.45) is 0 Å². The van der Waals surface area contributed by atoms with Crippen molar-refractivity contribution in [3.05, 3.63) is 36.0 Å². The summed E-state index contributed by atoms with van der Waals surface area (Å²) in [6.45, 7) is 9.35. The summed E-state index contributed by atoms with van der Waals surface area (Å²) < 4.78 is 7.28. The summed E-state index contributed by atoms with van der Waals surface area (Å²) in [5.74, 6) is -1.09. The maximum atomic E-state index is 11.9. The van der Waals surface area contributed by atoms with Crippen molar-refractivity contribution in [1.29, 1.82) is 0 Å². The standard InChI is InChI=1S/C19H26N2O4/c1-12(2)21-11-13(14-8-6-7-9-16(14)21)10-15(17(22)23)20-18(24)25-19(3,4)5/h6-9,11-12,15H,10H2,1-5H3,(H,20,24)(H,22,23). The number of benzene rings is 1. The van der Waals surface area contributed by atoms with E-state index in [0.29, 0.717) is 0 Å². The van der Waals surface area contributed by atoms with Crippen LogP contribution in [0.3, 0.4) is 0 Å². The van der Waals surface area contributed by atoms with Gasteiger partial charge in [-0.3, -0.25) is 0 Å². The number of alkyl carbamates (subject to hydrolysis) is 1. The van der Waals surface area contributed by atoms with Gasteiger partial charge in [-0.15, -0.1) is 0 Å². The number of hydrogen-bond acceptors (Lipinski definition) is 3. The van der Waals surface area contributed by atoms with Crippen LogP contribution in [0.2, 0.25) is 0 Å². The molecule has 2 N–H and O–H groups in total. The number of ether oxygens (including phenoxy) is 1. The lowest BCUT2D eigenvalue weighted by molar-refractivity contribution is -0.139. The molecular formula is C19H26N2O4. The zero-order chi connectivity index (χ0) is 18.8. The highest BCUT2D eigenvalue weighted by Crippen LogP contribution is 2.25. The van der Waals surface area contributed by atoms with Crippen LogP contribution in [-0.4, -0.2) is 33.4 Å². The Balaban J connectivity index is 2.27. The van der Waals surface area contributed by atoms with Crippen LogP contribution in [0, 0.1) is 0 Å². The number of nitrogens with one attached hydrogen (secondary N) is 1. The molecule has 1 amide bonds. The smallest absolute Gasteiger partial charge is 0.408 e. The Morgan fingerprint density at radius 1 is 1.24 bits per heavy atom. The molecule has 6 heteroatoms. The molecule has 0 aliphatic carbocycles. The number of carbonyl (C=O) groups is 2. The van der Waals surface area contributed by atoms with Crippen LogP contribution in [-0.2, 0) is 16.0 Å². The first kappa shape index (κ1) is 18.8. The lowest BCUT2D eigenvalue weighted by Gasteiger charge is -2.22. The summed E-state index contributed by atoms with van der Waals surface area (Å²) >= 11 is 0. The first-order valence-electron chi connectivity index (χ1n) is 8.39. The van der Waals surface area contributed by atoms with E-state index in [4.69, 9.17) is 4.74 Å². The average Bonchev–Trinajstić information content (AvgIpc) is 2.84. The van der Waals surface area contributed by atoms with E-state index in [1.807, 2.05) is 30.5 Å². The topological polar surface area (TPSA) is 80.6 Å². The second-order valence-corrected chi connectivity index (χ2v) is 7.41. The van der Waals surface area contributed by atoms with Gasteiger partial charge in [0.25, 0.3) is 0 Å². The van der Waals surface area contributed by atoms with Crippen LogP contribution in [0.5, 0.6) is 0 Å². The number of carboxylic acid groups (broad SMARTS) is 1. The van der Waals surface area contributed by atoms with Gasteiger partial charge in [0, 0.05) is 29.6 Å². The number of para-hydroxylation sites is 1. The van der Waals surface area contributed by atoms with Gasteiger partial charge in [-0.2, -0.15) is 0 Å². The number of rotatable bonds is 5. The van der Waals surface area contributed by atoms with Crippen LogP contribution in [0.1, 0.15) is 46.2 Å². The maximum absolute atomic E-state index is 11.9. The van der Waals surface area contributed by atoms with E-state index in [1.165, 1.54) is 0 Å². The van der Waals surface area contributed by atoms with Gasteiger partial charge in [0.2, 0.25) is 0 Å². The van der Waals surface area contributed by atoms with Crippen molar-refractivity contribution in [2.75, 3.05) is 0 Å². The zero-order valence-corrected chi connectivity index (χ0v) is 15.4. The van der Waals surface area contributed by atoms with Crippen LogP contribution >= 0.6 is 0 Å². The van der Waals surface area contributed by atoms with E-state index in [9.17, 15) is 14.7 Å². The molecule has 0 spiro atoms. The van der Waals surface area contributed by atoms with Crippen molar-refractivity contribution in [3.8, 4) is 0 Å². The number of carbonyl (C=O) groups excluding carboxylic acids is 1. The highest BCUT2D eigenvalue weighted by molar-refractivity contribution is 5.86. The Morgan fingerprint density at radius 2 is 1.88 bits per heavy atom. The number of carboxylic acids is 1. The number of fused-ring (bicyclic) bond motifs is 1. The fourth-order valence-electron chi connectivity index (χ4n) is 2.74. The highest BCUT2D eigenvalue weighted by atomic mass is 16.6. The van der Waals surface area contributed by atoms with Gasteiger partial charge in [-0.1, -0.05) is 18.2 Å². The van der Waals surface area contributed by atoms with Crippen molar-refractivity contribution >= 4 is 23.0 Å². The molecule has 1 atom stereocenters. The third-order valence-electron chi connectivity index (χ3n) is 3.79. The number of nitrogens with zero attached hydrogens (tertiary/aromatic N) is 1. The molecule has 2 aromatic rings. The summed E-state index contributed by atoms with van der Waals surface area (Å²) in [4.78, 5) is 23.5. The van der Waals surface area contributed by atoms with E-state index in [2.05, 4.69) is 23.7 Å².